The van der Waals surface area contributed by atoms with Crippen LogP contribution < -0.4 is 5.32 Å². The van der Waals surface area contributed by atoms with E-state index in [-0.39, 0.29) is 24.3 Å². The quantitative estimate of drug-likeness (QED) is 0.888. The maximum absolute atomic E-state index is 12.5. The third-order valence-electron chi connectivity index (χ3n) is 3.48. The Bertz CT molecular complexity index is 596. The van der Waals surface area contributed by atoms with Gasteiger partial charge in [-0.2, -0.15) is 0 Å². The summed E-state index contributed by atoms with van der Waals surface area (Å²) >= 11 is 0. The fraction of sp³-hybridized carbons (Fsp3) is 0.400. The topological polar surface area (TPSA) is 69.7 Å². The van der Waals surface area contributed by atoms with Crippen molar-refractivity contribution in [2.75, 3.05) is 32.5 Å². The van der Waals surface area contributed by atoms with Gasteiger partial charge in [0, 0.05) is 31.9 Å². The Morgan fingerprint density at radius 1 is 1.29 bits per heavy atom. The second kappa shape index (κ2) is 5.95. The summed E-state index contributed by atoms with van der Waals surface area (Å²) in [5, 5.41) is 2.72. The van der Waals surface area contributed by atoms with E-state index in [1.165, 1.54) is 9.80 Å². The molecule has 0 bridgehead atoms. The number of amides is 3. The van der Waals surface area contributed by atoms with Crippen LogP contribution in [0.25, 0.3) is 0 Å². The van der Waals surface area contributed by atoms with Gasteiger partial charge in [0.1, 0.15) is 0 Å². The van der Waals surface area contributed by atoms with Gasteiger partial charge in [-0.15, -0.1) is 0 Å². The van der Waals surface area contributed by atoms with Gasteiger partial charge in [-0.1, -0.05) is 6.07 Å². The molecule has 1 aliphatic rings. The third kappa shape index (κ3) is 3.21. The van der Waals surface area contributed by atoms with E-state index in [1.54, 1.807) is 32.3 Å². The standard InChI is InChI=1S/C15H19N3O3/c1-4-18(9-14(20)17(2)3)15(21)11-6-5-10-8-13(19)16-12(10)7-11/h5-7H,4,8-9H2,1-3H3,(H,16,19). The summed E-state index contributed by atoms with van der Waals surface area (Å²) in [6.45, 7) is 2.32. The number of hydrogen-bond donors (Lipinski definition) is 1. The van der Waals surface area contributed by atoms with Crippen molar-refractivity contribution in [3.63, 3.8) is 0 Å². The number of nitrogens with zero attached hydrogens (tertiary/aromatic N) is 2. The average molecular weight is 289 g/mol. The zero-order valence-corrected chi connectivity index (χ0v) is 12.5. The van der Waals surface area contributed by atoms with E-state index in [1.807, 2.05) is 6.92 Å². The number of benzene rings is 1. The van der Waals surface area contributed by atoms with Crippen LogP contribution in [0.3, 0.4) is 0 Å². The van der Waals surface area contributed by atoms with E-state index in [0.717, 1.165) is 5.56 Å². The Morgan fingerprint density at radius 3 is 2.62 bits per heavy atom. The number of hydrogen-bond acceptors (Lipinski definition) is 3. The van der Waals surface area contributed by atoms with Crippen LogP contribution in [-0.2, 0) is 16.0 Å². The van der Waals surface area contributed by atoms with E-state index in [9.17, 15) is 14.4 Å². The molecule has 2 rings (SSSR count). The molecule has 0 atom stereocenters. The van der Waals surface area contributed by atoms with Crippen molar-refractivity contribution in [1.29, 1.82) is 0 Å². The molecule has 0 spiro atoms. The lowest BCUT2D eigenvalue weighted by atomic mass is 10.1. The lowest BCUT2D eigenvalue weighted by Crippen LogP contribution is -2.40. The van der Waals surface area contributed by atoms with Crippen LogP contribution in [0.15, 0.2) is 18.2 Å². The van der Waals surface area contributed by atoms with Crippen molar-refractivity contribution >= 4 is 23.4 Å². The molecule has 1 N–H and O–H groups in total. The van der Waals surface area contributed by atoms with E-state index in [0.29, 0.717) is 24.2 Å². The van der Waals surface area contributed by atoms with Crippen molar-refractivity contribution in [3.05, 3.63) is 29.3 Å². The molecule has 112 valence electrons. The molecular formula is C15H19N3O3. The lowest BCUT2D eigenvalue weighted by molar-refractivity contribution is -0.129. The first-order chi connectivity index (χ1) is 9.92. The first kappa shape index (κ1) is 15.0. The summed E-state index contributed by atoms with van der Waals surface area (Å²) in [5.74, 6) is -0.402. The van der Waals surface area contributed by atoms with E-state index < -0.39 is 0 Å². The molecule has 0 saturated heterocycles. The van der Waals surface area contributed by atoms with Gasteiger partial charge in [0.15, 0.2) is 0 Å². The Balaban J connectivity index is 2.17. The zero-order chi connectivity index (χ0) is 15.6. The molecule has 0 saturated carbocycles. The molecule has 1 aliphatic heterocycles. The van der Waals surface area contributed by atoms with Gasteiger partial charge >= 0.3 is 0 Å². The summed E-state index contributed by atoms with van der Waals surface area (Å²) < 4.78 is 0. The van der Waals surface area contributed by atoms with Gasteiger partial charge in [-0.3, -0.25) is 14.4 Å². The largest absolute Gasteiger partial charge is 0.347 e. The van der Waals surface area contributed by atoms with Crippen LogP contribution in [0.2, 0.25) is 0 Å². The van der Waals surface area contributed by atoms with Gasteiger partial charge in [-0.25, -0.2) is 0 Å². The van der Waals surface area contributed by atoms with E-state index >= 15 is 0 Å². The van der Waals surface area contributed by atoms with Crippen molar-refractivity contribution < 1.29 is 14.4 Å². The van der Waals surface area contributed by atoms with Gasteiger partial charge in [0.25, 0.3) is 5.91 Å². The summed E-state index contributed by atoms with van der Waals surface area (Å²) in [5.41, 5.74) is 2.05. The lowest BCUT2D eigenvalue weighted by Gasteiger charge is -2.22. The second-order valence-electron chi connectivity index (χ2n) is 5.20. The van der Waals surface area contributed by atoms with Crippen molar-refractivity contribution in [2.45, 2.75) is 13.3 Å². The number of nitrogens with one attached hydrogen (secondary N) is 1. The SMILES string of the molecule is CCN(CC(=O)N(C)C)C(=O)c1ccc2c(c1)NC(=O)C2. The smallest absolute Gasteiger partial charge is 0.254 e. The highest BCUT2D eigenvalue weighted by Gasteiger charge is 2.22. The van der Waals surface area contributed by atoms with Crippen LogP contribution >= 0.6 is 0 Å². The van der Waals surface area contributed by atoms with Crippen LogP contribution in [-0.4, -0.2) is 54.7 Å². The molecule has 1 aromatic rings. The van der Waals surface area contributed by atoms with Gasteiger partial charge in [-0.05, 0) is 24.6 Å². The van der Waals surface area contributed by atoms with Crippen LogP contribution in [0.1, 0.15) is 22.8 Å². The summed E-state index contributed by atoms with van der Waals surface area (Å²) in [6, 6.07) is 5.15. The summed E-state index contributed by atoms with van der Waals surface area (Å²) in [6.07, 6.45) is 0.348. The number of fused-ring (bicyclic) bond motifs is 1. The van der Waals surface area contributed by atoms with Crippen molar-refractivity contribution in [3.8, 4) is 0 Å². The zero-order valence-electron chi connectivity index (χ0n) is 12.5. The molecule has 0 aromatic heterocycles. The number of likely N-dealkylation sites (N-methyl/N-ethyl adjacent to an activating group) is 2. The molecule has 0 aliphatic carbocycles. The molecule has 1 heterocycles. The highest BCUT2D eigenvalue weighted by atomic mass is 16.2. The van der Waals surface area contributed by atoms with Gasteiger partial charge in [0.05, 0.1) is 13.0 Å². The first-order valence-corrected chi connectivity index (χ1v) is 6.84. The van der Waals surface area contributed by atoms with Gasteiger partial charge < -0.3 is 15.1 Å². The summed E-state index contributed by atoms with van der Waals surface area (Å²) in [4.78, 5) is 38.5. The molecule has 6 nitrogen and oxygen atoms in total. The molecule has 0 fully saturated rings. The number of anilines is 1. The maximum Gasteiger partial charge on any atom is 0.254 e. The van der Waals surface area contributed by atoms with E-state index in [4.69, 9.17) is 0 Å². The first-order valence-electron chi connectivity index (χ1n) is 6.84. The number of rotatable bonds is 4. The van der Waals surface area contributed by atoms with Gasteiger partial charge in [0.2, 0.25) is 11.8 Å². The van der Waals surface area contributed by atoms with Crippen LogP contribution in [0.4, 0.5) is 5.69 Å². The highest BCUT2D eigenvalue weighted by molar-refractivity contribution is 6.02. The van der Waals surface area contributed by atoms with Crippen LogP contribution in [0, 0.1) is 0 Å². The normalized spacial score (nSPS) is 12.6. The Morgan fingerprint density at radius 2 is 2.00 bits per heavy atom. The molecule has 0 radical (unpaired) electrons. The molecule has 6 heteroatoms. The minimum Gasteiger partial charge on any atom is -0.347 e. The Kier molecular flexibility index (Phi) is 4.26. The molecule has 3 amide bonds. The molecular weight excluding hydrogens is 270 g/mol. The predicted octanol–water partition coefficient (Wildman–Crippen LogP) is 0.731. The maximum atomic E-state index is 12.5. The fourth-order valence-electron chi connectivity index (χ4n) is 2.16. The fourth-order valence-corrected chi connectivity index (χ4v) is 2.16. The van der Waals surface area contributed by atoms with Crippen LogP contribution in [0.5, 0.6) is 0 Å². The minimum absolute atomic E-state index is 0.0474. The number of carbonyl (C=O) groups is 3. The van der Waals surface area contributed by atoms with Crippen molar-refractivity contribution in [2.24, 2.45) is 0 Å². The third-order valence-corrected chi connectivity index (χ3v) is 3.48. The highest BCUT2D eigenvalue weighted by Crippen LogP contribution is 2.24. The van der Waals surface area contributed by atoms with Crippen molar-refractivity contribution in [1.82, 2.24) is 9.80 Å². The molecule has 0 unspecified atom stereocenters. The number of carbonyl (C=O) groups excluding carboxylic acids is 3. The Hall–Kier alpha value is -2.37. The van der Waals surface area contributed by atoms with E-state index in [2.05, 4.69) is 5.32 Å². The average Bonchev–Trinajstić information content (AvgIpc) is 2.82. The monoisotopic (exact) mass is 289 g/mol. The minimum atomic E-state index is -0.211. The Labute approximate surface area is 123 Å². The predicted molar refractivity (Wildman–Crippen MR) is 79.0 cm³/mol. The molecule has 21 heavy (non-hydrogen) atoms. The summed E-state index contributed by atoms with van der Waals surface area (Å²) in [7, 11) is 3.32. The second-order valence-corrected chi connectivity index (χ2v) is 5.20. The molecule has 1 aromatic carbocycles.